The molecule has 1 heterocycles. The van der Waals surface area contributed by atoms with Gasteiger partial charge in [-0.25, -0.2) is 4.79 Å². The Morgan fingerprint density at radius 1 is 1.03 bits per heavy atom. The van der Waals surface area contributed by atoms with Crippen LogP contribution in [-0.2, 0) is 19.1 Å². The molecule has 0 spiro atoms. The number of amides is 2. The normalized spacial score (nSPS) is 14.2. The first-order valence-electron chi connectivity index (χ1n) is 13.1. The van der Waals surface area contributed by atoms with E-state index in [2.05, 4.69) is 22.5 Å². The SMILES string of the molecule is CCCCCCCCOC(=O)NC(=N)c1ccc(NC(=O)CCC2CCN(CC(=O)OC)CC2)cc1. The first-order chi connectivity index (χ1) is 17.4. The highest BCUT2D eigenvalue weighted by Crippen LogP contribution is 2.22. The van der Waals surface area contributed by atoms with Crippen molar-refractivity contribution in [2.24, 2.45) is 5.92 Å². The van der Waals surface area contributed by atoms with Gasteiger partial charge in [0, 0.05) is 17.7 Å². The van der Waals surface area contributed by atoms with E-state index in [4.69, 9.17) is 14.9 Å². The fourth-order valence-electron chi connectivity index (χ4n) is 4.22. The minimum absolute atomic E-state index is 0.0423. The molecule has 3 N–H and O–H groups in total. The maximum absolute atomic E-state index is 12.4. The van der Waals surface area contributed by atoms with Gasteiger partial charge in [-0.15, -0.1) is 0 Å². The van der Waals surface area contributed by atoms with E-state index in [9.17, 15) is 14.4 Å². The maximum atomic E-state index is 12.4. The van der Waals surface area contributed by atoms with E-state index in [0.29, 0.717) is 36.7 Å². The molecule has 9 heteroatoms. The molecule has 1 fully saturated rings. The van der Waals surface area contributed by atoms with Crippen molar-refractivity contribution in [3.63, 3.8) is 0 Å². The number of amidine groups is 1. The zero-order chi connectivity index (χ0) is 26.2. The van der Waals surface area contributed by atoms with Crippen LogP contribution in [0.1, 0.15) is 76.7 Å². The number of alkyl carbamates (subject to hydrolysis) is 1. The molecule has 2 rings (SSSR count). The number of nitrogens with one attached hydrogen (secondary N) is 3. The van der Waals surface area contributed by atoms with Crippen molar-refractivity contribution in [3.8, 4) is 0 Å². The molecule has 9 nitrogen and oxygen atoms in total. The minimum atomic E-state index is -0.623. The molecule has 1 aromatic rings. The Morgan fingerprint density at radius 2 is 1.69 bits per heavy atom. The molecule has 0 saturated carbocycles. The molecule has 1 saturated heterocycles. The molecule has 0 aliphatic carbocycles. The first-order valence-corrected chi connectivity index (χ1v) is 13.1. The molecule has 0 unspecified atom stereocenters. The summed E-state index contributed by atoms with van der Waals surface area (Å²) >= 11 is 0. The zero-order valence-corrected chi connectivity index (χ0v) is 21.8. The second-order valence-electron chi connectivity index (χ2n) is 9.36. The summed E-state index contributed by atoms with van der Waals surface area (Å²) in [5, 5.41) is 13.4. The fraction of sp³-hybridized carbons (Fsp3) is 0.630. The number of esters is 1. The molecular weight excluding hydrogens is 460 g/mol. The van der Waals surface area contributed by atoms with Crippen molar-refractivity contribution in [3.05, 3.63) is 29.8 Å². The van der Waals surface area contributed by atoms with E-state index < -0.39 is 6.09 Å². The zero-order valence-electron chi connectivity index (χ0n) is 21.8. The van der Waals surface area contributed by atoms with Crippen LogP contribution < -0.4 is 10.6 Å². The van der Waals surface area contributed by atoms with E-state index in [1.807, 2.05) is 0 Å². The highest BCUT2D eigenvalue weighted by atomic mass is 16.5. The number of piperidine rings is 1. The van der Waals surface area contributed by atoms with Crippen molar-refractivity contribution in [2.45, 2.75) is 71.1 Å². The number of carbonyl (C=O) groups is 3. The first kappa shape index (κ1) is 29.3. The second-order valence-corrected chi connectivity index (χ2v) is 9.36. The van der Waals surface area contributed by atoms with Gasteiger partial charge in [0.25, 0.3) is 0 Å². The number of benzene rings is 1. The summed E-state index contributed by atoms with van der Waals surface area (Å²) < 4.78 is 9.86. The largest absolute Gasteiger partial charge is 0.468 e. The molecule has 0 radical (unpaired) electrons. The molecule has 200 valence electrons. The predicted octanol–water partition coefficient (Wildman–Crippen LogP) is 4.70. The summed E-state index contributed by atoms with van der Waals surface area (Å²) in [6, 6.07) is 6.80. The molecule has 0 bridgehead atoms. The van der Waals surface area contributed by atoms with Gasteiger partial charge >= 0.3 is 12.1 Å². The molecule has 1 aliphatic rings. The Bertz CT molecular complexity index is 835. The van der Waals surface area contributed by atoms with Crippen molar-refractivity contribution < 1.29 is 23.9 Å². The molecule has 36 heavy (non-hydrogen) atoms. The molecule has 1 aromatic carbocycles. The van der Waals surface area contributed by atoms with Crippen molar-refractivity contribution in [1.82, 2.24) is 10.2 Å². The van der Waals surface area contributed by atoms with Gasteiger partial charge in [-0.1, -0.05) is 39.0 Å². The number of anilines is 1. The average molecular weight is 503 g/mol. The highest BCUT2D eigenvalue weighted by Gasteiger charge is 2.21. The van der Waals surface area contributed by atoms with E-state index in [1.165, 1.54) is 26.4 Å². The van der Waals surface area contributed by atoms with Crippen molar-refractivity contribution in [1.29, 1.82) is 5.41 Å². The third kappa shape index (κ3) is 11.7. The van der Waals surface area contributed by atoms with Crippen LogP contribution >= 0.6 is 0 Å². The van der Waals surface area contributed by atoms with Crippen molar-refractivity contribution in [2.75, 3.05) is 38.7 Å². The van der Waals surface area contributed by atoms with Crippen LogP contribution in [0.2, 0.25) is 0 Å². The lowest BCUT2D eigenvalue weighted by Crippen LogP contribution is -2.37. The Balaban J connectivity index is 1.62. The van der Waals surface area contributed by atoms with Crippen LogP contribution in [0.15, 0.2) is 24.3 Å². The number of hydrogen-bond donors (Lipinski definition) is 3. The van der Waals surface area contributed by atoms with Gasteiger partial charge in [0.15, 0.2) is 0 Å². The molecule has 1 aliphatic heterocycles. The Hall–Kier alpha value is -2.94. The number of methoxy groups -OCH3 is 1. The van der Waals surface area contributed by atoms with E-state index in [-0.39, 0.29) is 17.7 Å². The number of ether oxygens (including phenoxy) is 2. The Morgan fingerprint density at radius 3 is 2.36 bits per heavy atom. The standard InChI is InChI=1S/C27H42N4O5/c1-3-4-5-6-7-8-19-36-27(34)30-26(28)22-10-12-23(13-11-22)29-24(32)14-9-21-15-17-31(18-16-21)20-25(33)35-2/h10-13,21H,3-9,14-20H2,1-2H3,(H,29,32)(H2,28,30,34). The van der Waals surface area contributed by atoms with Gasteiger partial charge in [-0.2, -0.15) is 0 Å². The van der Waals surface area contributed by atoms with Gasteiger partial charge in [-0.05, 0) is 69.0 Å². The van der Waals surface area contributed by atoms with Crippen LogP contribution in [0.4, 0.5) is 10.5 Å². The minimum Gasteiger partial charge on any atom is -0.468 e. The Labute approximate surface area is 214 Å². The molecular formula is C27H42N4O5. The lowest BCUT2D eigenvalue weighted by molar-refractivity contribution is -0.142. The van der Waals surface area contributed by atoms with E-state index >= 15 is 0 Å². The fourth-order valence-corrected chi connectivity index (χ4v) is 4.22. The van der Waals surface area contributed by atoms with Crippen LogP contribution in [0, 0.1) is 11.3 Å². The van der Waals surface area contributed by atoms with E-state index in [0.717, 1.165) is 51.6 Å². The summed E-state index contributed by atoms with van der Waals surface area (Å²) in [4.78, 5) is 37.7. The number of nitrogens with zero attached hydrogens (tertiary/aromatic N) is 1. The maximum Gasteiger partial charge on any atom is 0.412 e. The number of likely N-dealkylation sites (tertiary alicyclic amines) is 1. The number of unbranched alkanes of at least 4 members (excludes halogenated alkanes) is 5. The molecule has 0 atom stereocenters. The monoisotopic (exact) mass is 502 g/mol. The molecule has 2 amide bonds. The predicted molar refractivity (Wildman–Crippen MR) is 140 cm³/mol. The summed E-state index contributed by atoms with van der Waals surface area (Å²) in [5.74, 6) is 0.165. The van der Waals surface area contributed by atoms with Gasteiger partial charge < -0.3 is 14.8 Å². The van der Waals surface area contributed by atoms with Crippen LogP contribution in [-0.4, -0.2) is 62.1 Å². The summed E-state index contributed by atoms with van der Waals surface area (Å²) in [7, 11) is 1.40. The lowest BCUT2D eigenvalue weighted by Gasteiger charge is -2.30. The molecule has 0 aromatic heterocycles. The number of hydrogen-bond acceptors (Lipinski definition) is 7. The van der Waals surface area contributed by atoms with Crippen LogP contribution in [0.3, 0.4) is 0 Å². The van der Waals surface area contributed by atoms with Crippen molar-refractivity contribution >= 4 is 29.5 Å². The van der Waals surface area contributed by atoms with Gasteiger partial charge in [0.1, 0.15) is 5.84 Å². The topological polar surface area (TPSA) is 121 Å². The van der Waals surface area contributed by atoms with Crippen LogP contribution in [0.25, 0.3) is 0 Å². The number of rotatable bonds is 14. The third-order valence-electron chi connectivity index (χ3n) is 6.48. The van der Waals surface area contributed by atoms with Gasteiger partial charge in [0.2, 0.25) is 5.91 Å². The number of carbonyl (C=O) groups excluding carboxylic acids is 3. The summed E-state index contributed by atoms with van der Waals surface area (Å²) in [6.45, 7) is 4.54. The third-order valence-corrected chi connectivity index (χ3v) is 6.48. The van der Waals surface area contributed by atoms with Gasteiger partial charge in [0.05, 0.1) is 20.3 Å². The Kier molecular flexibility index (Phi) is 13.6. The second kappa shape index (κ2) is 16.7. The average Bonchev–Trinajstić information content (AvgIpc) is 2.88. The summed E-state index contributed by atoms with van der Waals surface area (Å²) in [5.41, 5.74) is 1.18. The summed E-state index contributed by atoms with van der Waals surface area (Å²) in [6.07, 6.45) is 9.22. The van der Waals surface area contributed by atoms with Crippen LogP contribution in [0.5, 0.6) is 0 Å². The van der Waals surface area contributed by atoms with E-state index in [1.54, 1.807) is 24.3 Å². The quantitative estimate of drug-likeness (QED) is 0.147. The van der Waals surface area contributed by atoms with Gasteiger partial charge in [-0.3, -0.25) is 25.2 Å². The highest BCUT2D eigenvalue weighted by molar-refractivity contribution is 6.04. The smallest absolute Gasteiger partial charge is 0.412 e. The lowest BCUT2D eigenvalue weighted by atomic mass is 9.92.